The molecule has 236 valence electrons. The van der Waals surface area contributed by atoms with Crippen LogP contribution in [0.1, 0.15) is 23.6 Å². The number of pyridine rings is 1. The van der Waals surface area contributed by atoms with Crippen LogP contribution in [0.3, 0.4) is 0 Å². The largest absolute Gasteiger partial charge is 0.264 e. The Bertz CT molecular complexity index is 2420. The lowest BCUT2D eigenvalue weighted by atomic mass is 9.73. The summed E-state index contributed by atoms with van der Waals surface area (Å²) in [4.78, 5) is 19.5. The number of nitrogens with zero attached hydrogens (tertiary/aromatic N) is 4. The van der Waals surface area contributed by atoms with Gasteiger partial charge in [-0.25, -0.2) is 15.0 Å². The molecule has 0 saturated carbocycles. The molecule has 9 rings (SSSR count). The lowest BCUT2D eigenvalue weighted by molar-refractivity contribution is 0.714. The third-order valence-electron chi connectivity index (χ3n) is 9.91. The summed E-state index contributed by atoms with van der Waals surface area (Å²) >= 11 is 0. The van der Waals surface area contributed by atoms with Gasteiger partial charge in [0.25, 0.3) is 0 Å². The van der Waals surface area contributed by atoms with E-state index in [0.29, 0.717) is 17.5 Å². The fourth-order valence-corrected chi connectivity index (χ4v) is 7.48. The lowest BCUT2D eigenvalue weighted by Crippen LogP contribution is -2.22. The SMILES string of the molecule is CC1(c2ccccc2)c2ccccc2-c2c1ccc(-c1cccc(-c3nc(-c4ccccc4)nc(-c4ccccc4)n3)c1)c2-c1cccnc1. The quantitative estimate of drug-likeness (QED) is 0.181. The van der Waals surface area contributed by atoms with Gasteiger partial charge < -0.3 is 0 Å². The normalized spacial score (nSPS) is 14.6. The van der Waals surface area contributed by atoms with Crippen LogP contribution >= 0.6 is 0 Å². The van der Waals surface area contributed by atoms with Crippen LogP contribution in [0.25, 0.3) is 67.5 Å². The van der Waals surface area contributed by atoms with Gasteiger partial charge in [-0.3, -0.25) is 4.98 Å². The maximum Gasteiger partial charge on any atom is 0.164 e. The number of fused-ring (bicyclic) bond motifs is 3. The standard InChI is InChI=1S/C46H32N4/c1-46(36-22-9-4-10-23-36)39-25-12-11-24-38(39)42-40(46)27-26-37(41(42)35-21-14-28-47-30-35)33-19-13-20-34(29-33)45-49-43(31-15-5-2-6-16-31)48-44(50-45)32-17-7-3-8-18-32/h2-30H,1H3. The van der Waals surface area contributed by atoms with Gasteiger partial charge in [0.05, 0.1) is 0 Å². The summed E-state index contributed by atoms with van der Waals surface area (Å²) in [5, 5.41) is 0. The molecule has 2 aromatic heterocycles. The first-order valence-electron chi connectivity index (χ1n) is 16.9. The van der Waals surface area contributed by atoms with Crippen molar-refractivity contribution in [3.63, 3.8) is 0 Å². The van der Waals surface area contributed by atoms with E-state index in [1.165, 1.54) is 33.4 Å². The Morgan fingerprint density at radius 2 is 0.960 bits per heavy atom. The molecular formula is C46H32N4. The molecule has 8 aromatic rings. The third kappa shape index (κ3) is 4.92. The summed E-state index contributed by atoms with van der Waals surface area (Å²) in [5.74, 6) is 1.92. The van der Waals surface area contributed by atoms with Crippen LogP contribution in [-0.2, 0) is 5.41 Å². The van der Waals surface area contributed by atoms with Gasteiger partial charge in [0, 0.05) is 40.1 Å². The monoisotopic (exact) mass is 640 g/mol. The number of hydrogen-bond acceptors (Lipinski definition) is 4. The summed E-state index contributed by atoms with van der Waals surface area (Å²) in [5.41, 5.74) is 13.3. The van der Waals surface area contributed by atoms with Gasteiger partial charge in [-0.2, -0.15) is 0 Å². The molecule has 6 aromatic carbocycles. The number of benzene rings is 6. The van der Waals surface area contributed by atoms with E-state index < -0.39 is 0 Å². The van der Waals surface area contributed by atoms with E-state index in [4.69, 9.17) is 15.0 Å². The summed E-state index contributed by atoms with van der Waals surface area (Å²) < 4.78 is 0. The van der Waals surface area contributed by atoms with Gasteiger partial charge in [0.1, 0.15) is 0 Å². The molecule has 4 nitrogen and oxygen atoms in total. The molecule has 0 bridgehead atoms. The zero-order valence-corrected chi connectivity index (χ0v) is 27.5. The molecule has 1 atom stereocenters. The first-order chi connectivity index (χ1) is 24.7. The van der Waals surface area contributed by atoms with Gasteiger partial charge in [0.15, 0.2) is 17.5 Å². The summed E-state index contributed by atoms with van der Waals surface area (Å²) in [7, 11) is 0. The van der Waals surface area contributed by atoms with Crippen molar-refractivity contribution in [2.75, 3.05) is 0 Å². The average molecular weight is 641 g/mol. The highest BCUT2D eigenvalue weighted by Gasteiger charge is 2.42. The Balaban J connectivity index is 1.26. The van der Waals surface area contributed by atoms with Crippen LogP contribution in [0.2, 0.25) is 0 Å². The van der Waals surface area contributed by atoms with Crippen LogP contribution in [0.5, 0.6) is 0 Å². The van der Waals surface area contributed by atoms with Gasteiger partial charge in [-0.15, -0.1) is 0 Å². The zero-order valence-electron chi connectivity index (χ0n) is 27.5. The highest BCUT2D eigenvalue weighted by atomic mass is 15.0. The lowest BCUT2D eigenvalue weighted by Gasteiger charge is -2.29. The van der Waals surface area contributed by atoms with Crippen molar-refractivity contribution in [3.05, 3.63) is 193 Å². The predicted octanol–water partition coefficient (Wildman–Crippen LogP) is 10.9. The van der Waals surface area contributed by atoms with Gasteiger partial charge in [-0.05, 0) is 63.6 Å². The van der Waals surface area contributed by atoms with E-state index in [9.17, 15) is 0 Å². The molecule has 0 fully saturated rings. The molecule has 1 aliphatic carbocycles. The molecule has 50 heavy (non-hydrogen) atoms. The minimum Gasteiger partial charge on any atom is -0.264 e. The maximum atomic E-state index is 5.02. The minimum atomic E-state index is -0.308. The van der Waals surface area contributed by atoms with Crippen molar-refractivity contribution < 1.29 is 0 Å². The molecule has 2 heterocycles. The van der Waals surface area contributed by atoms with Crippen molar-refractivity contribution >= 4 is 0 Å². The summed E-state index contributed by atoms with van der Waals surface area (Å²) in [6.07, 6.45) is 3.82. The van der Waals surface area contributed by atoms with Gasteiger partial charge in [-0.1, -0.05) is 152 Å². The molecule has 4 heteroatoms. The van der Waals surface area contributed by atoms with E-state index in [0.717, 1.165) is 33.4 Å². The number of aromatic nitrogens is 4. The minimum absolute atomic E-state index is 0.308. The van der Waals surface area contributed by atoms with Crippen LogP contribution < -0.4 is 0 Å². The van der Waals surface area contributed by atoms with E-state index in [2.05, 4.69) is 109 Å². The topological polar surface area (TPSA) is 51.6 Å². The van der Waals surface area contributed by atoms with Crippen molar-refractivity contribution in [1.82, 2.24) is 19.9 Å². The van der Waals surface area contributed by atoms with Crippen LogP contribution in [0, 0.1) is 0 Å². The first-order valence-corrected chi connectivity index (χ1v) is 16.9. The Morgan fingerprint density at radius 1 is 0.400 bits per heavy atom. The number of rotatable bonds is 6. The van der Waals surface area contributed by atoms with E-state index >= 15 is 0 Å². The van der Waals surface area contributed by atoms with Crippen molar-refractivity contribution in [2.45, 2.75) is 12.3 Å². The van der Waals surface area contributed by atoms with Crippen LogP contribution in [0.4, 0.5) is 0 Å². The Labute approximate surface area is 291 Å². The zero-order chi connectivity index (χ0) is 33.5. The third-order valence-corrected chi connectivity index (χ3v) is 9.91. The molecule has 0 spiro atoms. The molecule has 1 unspecified atom stereocenters. The maximum absolute atomic E-state index is 5.02. The molecule has 0 saturated heterocycles. The molecule has 0 amide bonds. The summed E-state index contributed by atoms with van der Waals surface area (Å²) in [6.45, 7) is 2.36. The number of hydrogen-bond donors (Lipinski definition) is 0. The smallest absolute Gasteiger partial charge is 0.164 e. The second kappa shape index (κ2) is 12.2. The first kappa shape index (κ1) is 29.6. The predicted molar refractivity (Wildman–Crippen MR) is 202 cm³/mol. The molecule has 0 aliphatic heterocycles. The van der Waals surface area contributed by atoms with E-state index in [1.54, 1.807) is 0 Å². The second-order valence-corrected chi connectivity index (χ2v) is 12.8. The highest BCUT2D eigenvalue weighted by molar-refractivity contribution is 6.00. The van der Waals surface area contributed by atoms with Crippen LogP contribution in [-0.4, -0.2) is 19.9 Å². The highest BCUT2D eigenvalue weighted by Crippen LogP contribution is 2.56. The fourth-order valence-electron chi connectivity index (χ4n) is 7.48. The molecular weight excluding hydrogens is 609 g/mol. The molecule has 0 radical (unpaired) electrons. The average Bonchev–Trinajstić information content (AvgIpc) is 3.47. The van der Waals surface area contributed by atoms with Gasteiger partial charge in [0.2, 0.25) is 0 Å². The summed E-state index contributed by atoms with van der Waals surface area (Å²) in [6, 6.07) is 57.3. The van der Waals surface area contributed by atoms with E-state index in [1.807, 2.05) is 79.1 Å². The van der Waals surface area contributed by atoms with Crippen molar-refractivity contribution in [1.29, 1.82) is 0 Å². The molecule has 1 aliphatic rings. The van der Waals surface area contributed by atoms with Gasteiger partial charge >= 0.3 is 0 Å². The second-order valence-electron chi connectivity index (χ2n) is 12.8. The van der Waals surface area contributed by atoms with E-state index in [-0.39, 0.29) is 5.41 Å². The Kier molecular flexibility index (Phi) is 7.21. The van der Waals surface area contributed by atoms with Crippen molar-refractivity contribution in [3.8, 4) is 67.5 Å². The fraction of sp³-hybridized carbons (Fsp3) is 0.0435. The Hall–Kier alpha value is -6.52. The Morgan fingerprint density at radius 3 is 1.62 bits per heavy atom. The van der Waals surface area contributed by atoms with Crippen molar-refractivity contribution in [2.24, 2.45) is 0 Å². The van der Waals surface area contributed by atoms with Crippen LogP contribution in [0.15, 0.2) is 176 Å². The molecule has 0 N–H and O–H groups in total.